The van der Waals surface area contributed by atoms with Crippen molar-refractivity contribution >= 4 is 6.03 Å². The maximum atomic E-state index is 12.4. The van der Waals surface area contributed by atoms with Crippen LogP contribution in [-0.2, 0) is 11.3 Å². The van der Waals surface area contributed by atoms with E-state index in [0.717, 1.165) is 44.0 Å². The summed E-state index contributed by atoms with van der Waals surface area (Å²) in [6.45, 7) is 4.61. The van der Waals surface area contributed by atoms with E-state index in [0.29, 0.717) is 6.54 Å². The monoisotopic (exact) mass is 339 g/mol. The second-order valence-corrected chi connectivity index (χ2v) is 6.19. The number of hydrogen-bond donors (Lipinski definition) is 2. The van der Waals surface area contributed by atoms with Crippen LogP contribution in [0.5, 0.6) is 0 Å². The summed E-state index contributed by atoms with van der Waals surface area (Å²) in [4.78, 5) is 14.7. The fraction of sp³-hybridized carbons (Fsp3) is 0.350. The molecule has 25 heavy (non-hydrogen) atoms. The maximum Gasteiger partial charge on any atom is 0.315 e. The standard InChI is InChI=1S/C20H25N3O2/c24-20(21-15-17-7-3-1-4-8-17)22-19(18-9-5-2-6-10-18)16-23-11-13-25-14-12-23/h1-10,19H,11-16H2,(H2,21,22,24)/t19-/m1/s1. The van der Waals surface area contributed by atoms with Crippen molar-refractivity contribution in [3.05, 3.63) is 71.8 Å². The summed E-state index contributed by atoms with van der Waals surface area (Å²) < 4.78 is 5.41. The van der Waals surface area contributed by atoms with Crippen molar-refractivity contribution in [2.24, 2.45) is 0 Å². The summed E-state index contributed by atoms with van der Waals surface area (Å²) in [5, 5.41) is 6.06. The van der Waals surface area contributed by atoms with Gasteiger partial charge in [-0.1, -0.05) is 60.7 Å². The Balaban J connectivity index is 1.59. The van der Waals surface area contributed by atoms with Gasteiger partial charge in [0, 0.05) is 26.2 Å². The zero-order valence-electron chi connectivity index (χ0n) is 14.4. The van der Waals surface area contributed by atoms with Crippen LogP contribution in [0.25, 0.3) is 0 Å². The Morgan fingerprint density at radius 3 is 2.32 bits per heavy atom. The lowest BCUT2D eigenvalue weighted by atomic mass is 10.1. The van der Waals surface area contributed by atoms with Crippen LogP contribution in [0.15, 0.2) is 60.7 Å². The molecular weight excluding hydrogens is 314 g/mol. The van der Waals surface area contributed by atoms with Crippen molar-refractivity contribution in [3.63, 3.8) is 0 Å². The Kier molecular flexibility index (Phi) is 6.42. The molecule has 0 bridgehead atoms. The average Bonchev–Trinajstić information content (AvgIpc) is 2.68. The zero-order valence-corrected chi connectivity index (χ0v) is 14.4. The molecule has 2 aromatic rings. The van der Waals surface area contributed by atoms with E-state index in [9.17, 15) is 4.79 Å². The Bertz CT molecular complexity index is 643. The van der Waals surface area contributed by atoms with Crippen molar-refractivity contribution in [1.29, 1.82) is 0 Å². The first-order valence-corrected chi connectivity index (χ1v) is 8.74. The number of amides is 2. The van der Waals surface area contributed by atoms with Gasteiger partial charge >= 0.3 is 6.03 Å². The smallest absolute Gasteiger partial charge is 0.315 e. The van der Waals surface area contributed by atoms with Gasteiger partial charge in [0.2, 0.25) is 0 Å². The first-order valence-electron chi connectivity index (χ1n) is 8.74. The molecule has 0 unspecified atom stereocenters. The molecule has 2 N–H and O–H groups in total. The molecule has 1 fully saturated rings. The van der Waals surface area contributed by atoms with Gasteiger partial charge < -0.3 is 15.4 Å². The van der Waals surface area contributed by atoms with Gasteiger partial charge in [-0.05, 0) is 11.1 Å². The molecule has 0 spiro atoms. The summed E-state index contributed by atoms with van der Waals surface area (Å²) in [5.74, 6) is 0. The van der Waals surface area contributed by atoms with Gasteiger partial charge in [-0.15, -0.1) is 0 Å². The number of nitrogens with one attached hydrogen (secondary N) is 2. The lowest BCUT2D eigenvalue weighted by Crippen LogP contribution is -2.45. The van der Waals surface area contributed by atoms with Crippen molar-refractivity contribution < 1.29 is 9.53 Å². The molecular formula is C20H25N3O2. The fourth-order valence-corrected chi connectivity index (χ4v) is 2.95. The molecule has 0 aromatic heterocycles. The van der Waals surface area contributed by atoms with Crippen LogP contribution in [0.3, 0.4) is 0 Å². The minimum absolute atomic E-state index is 0.0462. The number of morpholine rings is 1. The van der Waals surface area contributed by atoms with Crippen molar-refractivity contribution in [3.8, 4) is 0 Å². The Morgan fingerprint density at radius 2 is 1.64 bits per heavy atom. The number of nitrogens with zero attached hydrogens (tertiary/aromatic N) is 1. The van der Waals surface area contributed by atoms with E-state index in [1.165, 1.54) is 0 Å². The summed E-state index contributed by atoms with van der Waals surface area (Å²) in [6.07, 6.45) is 0. The normalized spacial score (nSPS) is 16.2. The van der Waals surface area contributed by atoms with Gasteiger partial charge in [0.05, 0.1) is 19.3 Å². The van der Waals surface area contributed by atoms with Crippen molar-refractivity contribution in [2.45, 2.75) is 12.6 Å². The van der Waals surface area contributed by atoms with Crippen LogP contribution < -0.4 is 10.6 Å². The molecule has 0 saturated carbocycles. The third-order valence-corrected chi connectivity index (χ3v) is 4.35. The molecule has 5 heteroatoms. The van der Waals surface area contributed by atoms with Gasteiger partial charge in [-0.2, -0.15) is 0 Å². The molecule has 2 amide bonds. The maximum absolute atomic E-state index is 12.4. The van der Waals surface area contributed by atoms with E-state index in [4.69, 9.17) is 4.74 Å². The largest absolute Gasteiger partial charge is 0.379 e. The third-order valence-electron chi connectivity index (χ3n) is 4.35. The highest BCUT2D eigenvalue weighted by molar-refractivity contribution is 5.74. The number of rotatable bonds is 6. The Labute approximate surface area is 149 Å². The number of carbonyl (C=O) groups excluding carboxylic acids is 1. The fourth-order valence-electron chi connectivity index (χ4n) is 2.95. The molecule has 1 heterocycles. The molecule has 1 aliphatic heterocycles. The molecule has 1 aliphatic rings. The third kappa shape index (κ3) is 5.59. The quantitative estimate of drug-likeness (QED) is 0.850. The first kappa shape index (κ1) is 17.5. The van der Waals surface area contributed by atoms with Gasteiger partial charge in [0.1, 0.15) is 0 Å². The topological polar surface area (TPSA) is 53.6 Å². The lowest BCUT2D eigenvalue weighted by molar-refractivity contribution is 0.0340. The first-order chi connectivity index (χ1) is 12.3. The number of carbonyl (C=O) groups is 1. The van der Waals surface area contributed by atoms with E-state index in [1.54, 1.807) is 0 Å². The summed E-state index contributed by atoms with van der Waals surface area (Å²) in [5.41, 5.74) is 2.20. The van der Waals surface area contributed by atoms with Gasteiger partial charge in [-0.3, -0.25) is 4.90 Å². The average molecular weight is 339 g/mol. The second-order valence-electron chi connectivity index (χ2n) is 6.19. The minimum Gasteiger partial charge on any atom is -0.379 e. The van der Waals surface area contributed by atoms with Gasteiger partial charge in [0.15, 0.2) is 0 Å². The molecule has 132 valence electrons. The molecule has 0 radical (unpaired) electrons. The summed E-state index contributed by atoms with van der Waals surface area (Å²) in [6, 6.07) is 19.8. The van der Waals surface area contributed by atoms with Crippen molar-refractivity contribution in [2.75, 3.05) is 32.8 Å². The predicted octanol–water partition coefficient (Wildman–Crippen LogP) is 2.56. The Hall–Kier alpha value is -2.37. The van der Waals surface area contributed by atoms with Crippen LogP contribution in [0, 0.1) is 0 Å². The minimum atomic E-state index is -0.147. The molecule has 2 aromatic carbocycles. The van der Waals surface area contributed by atoms with Crippen LogP contribution >= 0.6 is 0 Å². The molecule has 3 rings (SSSR count). The highest BCUT2D eigenvalue weighted by atomic mass is 16.5. The number of benzene rings is 2. The zero-order chi connectivity index (χ0) is 17.3. The van der Waals surface area contributed by atoms with Gasteiger partial charge in [-0.25, -0.2) is 4.79 Å². The van der Waals surface area contributed by atoms with Crippen molar-refractivity contribution in [1.82, 2.24) is 15.5 Å². The second kappa shape index (κ2) is 9.20. The van der Waals surface area contributed by atoms with Crippen LogP contribution in [0.4, 0.5) is 4.79 Å². The molecule has 0 aliphatic carbocycles. The molecule has 5 nitrogen and oxygen atoms in total. The number of hydrogen-bond acceptors (Lipinski definition) is 3. The van der Waals surface area contributed by atoms with E-state index in [1.807, 2.05) is 48.5 Å². The highest BCUT2D eigenvalue weighted by Gasteiger charge is 2.19. The summed E-state index contributed by atoms with van der Waals surface area (Å²) in [7, 11) is 0. The summed E-state index contributed by atoms with van der Waals surface area (Å²) >= 11 is 0. The van der Waals surface area contributed by atoms with Crippen LogP contribution in [0.2, 0.25) is 0 Å². The Morgan fingerprint density at radius 1 is 1.00 bits per heavy atom. The highest BCUT2D eigenvalue weighted by Crippen LogP contribution is 2.15. The molecule has 1 saturated heterocycles. The van der Waals surface area contributed by atoms with E-state index in [2.05, 4.69) is 27.7 Å². The van der Waals surface area contributed by atoms with E-state index in [-0.39, 0.29) is 12.1 Å². The predicted molar refractivity (Wildman–Crippen MR) is 98.3 cm³/mol. The molecule has 1 atom stereocenters. The SMILES string of the molecule is O=C(NCc1ccccc1)N[C@H](CN1CCOCC1)c1ccccc1. The van der Waals surface area contributed by atoms with E-state index >= 15 is 0 Å². The van der Waals surface area contributed by atoms with Gasteiger partial charge in [0.25, 0.3) is 0 Å². The lowest BCUT2D eigenvalue weighted by Gasteiger charge is -2.31. The van der Waals surface area contributed by atoms with Crippen LogP contribution in [-0.4, -0.2) is 43.8 Å². The van der Waals surface area contributed by atoms with E-state index < -0.39 is 0 Å². The number of ether oxygens (including phenoxy) is 1. The van der Waals surface area contributed by atoms with Crippen LogP contribution in [0.1, 0.15) is 17.2 Å². The number of urea groups is 1.